The lowest BCUT2D eigenvalue weighted by atomic mass is 9.93. The Morgan fingerprint density at radius 1 is 1.32 bits per heavy atom. The Bertz CT molecular complexity index is 858. The molecule has 0 spiro atoms. The van der Waals surface area contributed by atoms with Crippen LogP contribution in [-0.4, -0.2) is 41.4 Å². The number of Topliss-reactive ketones (excluding diaryl/α,β-unsaturated/α-hetero) is 1. The first-order valence-corrected chi connectivity index (χ1v) is 8.80. The summed E-state index contributed by atoms with van der Waals surface area (Å²) in [5.41, 5.74) is 3.64. The molecular weight excluding hydrogens is 366 g/mol. The molecule has 28 heavy (non-hydrogen) atoms. The monoisotopic (exact) mass is 388 g/mol. The number of hydrogen-bond donors (Lipinski definition) is 3. The number of hydrogen-bond acceptors (Lipinski definition) is 4. The molecule has 0 bridgehead atoms. The van der Waals surface area contributed by atoms with Crippen molar-refractivity contribution in [3.8, 4) is 23.7 Å². The van der Waals surface area contributed by atoms with Crippen molar-refractivity contribution in [3.63, 3.8) is 0 Å². The Hall–Kier alpha value is -2.74. The van der Waals surface area contributed by atoms with Gasteiger partial charge in [0.05, 0.1) is 0 Å². The van der Waals surface area contributed by atoms with Gasteiger partial charge in [-0.25, -0.2) is 8.78 Å². The second kappa shape index (κ2) is 8.97. The van der Waals surface area contributed by atoms with Crippen LogP contribution in [0.25, 0.3) is 0 Å². The van der Waals surface area contributed by atoms with Gasteiger partial charge in [-0.3, -0.25) is 9.59 Å². The Kier molecular flexibility index (Phi) is 6.90. The molecule has 5 nitrogen and oxygen atoms in total. The van der Waals surface area contributed by atoms with Crippen LogP contribution in [0, 0.1) is 35.5 Å². The Balaban J connectivity index is 2.02. The van der Waals surface area contributed by atoms with Gasteiger partial charge < -0.3 is 16.2 Å². The fourth-order valence-electron chi connectivity index (χ4n) is 2.62. The molecule has 148 valence electrons. The van der Waals surface area contributed by atoms with Crippen LogP contribution < -0.4 is 11.1 Å². The van der Waals surface area contributed by atoms with Crippen molar-refractivity contribution in [1.82, 2.24) is 5.32 Å². The van der Waals surface area contributed by atoms with E-state index >= 15 is 0 Å². The normalized spacial score (nSPS) is 20.7. The maximum atomic E-state index is 13.0. The first-order chi connectivity index (χ1) is 13.2. The fourth-order valence-corrected chi connectivity index (χ4v) is 2.62. The van der Waals surface area contributed by atoms with Gasteiger partial charge in [0, 0.05) is 17.0 Å². The van der Waals surface area contributed by atoms with Crippen LogP contribution >= 0.6 is 0 Å². The van der Waals surface area contributed by atoms with Gasteiger partial charge in [0.2, 0.25) is 0 Å². The molecule has 0 aromatic heterocycles. The molecule has 1 aromatic rings. The second-order valence-corrected chi connectivity index (χ2v) is 6.98. The van der Waals surface area contributed by atoms with Gasteiger partial charge in [0.1, 0.15) is 11.6 Å². The summed E-state index contributed by atoms with van der Waals surface area (Å²) in [6.45, 7) is 2.47. The van der Waals surface area contributed by atoms with Crippen molar-refractivity contribution in [2.24, 2.45) is 17.6 Å². The van der Waals surface area contributed by atoms with E-state index in [4.69, 9.17) is 5.73 Å². The summed E-state index contributed by atoms with van der Waals surface area (Å²) in [5, 5.41) is 12.0. The minimum Gasteiger partial charge on any atom is -0.382 e. The van der Waals surface area contributed by atoms with Gasteiger partial charge in [0.25, 0.3) is 12.3 Å². The summed E-state index contributed by atoms with van der Waals surface area (Å²) in [5.74, 6) is 10.7. The van der Waals surface area contributed by atoms with Crippen molar-refractivity contribution in [3.05, 3.63) is 35.4 Å². The number of amides is 1. The zero-order valence-electron chi connectivity index (χ0n) is 15.6. The van der Waals surface area contributed by atoms with E-state index in [9.17, 15) is 23.5 Å². The minimum atomic E-state index is -3.20. The average Bonchev–Trinajstić information content (AvgIpc) is 3.41. The Morgan fingerprint density at radius 3 is 2.46 bits per heavy atom. The highest BCUT2D eigenvalue weighted by atomic mass is 19.3. The predicted molar refractivity (Wildman–Crippen MR) is 100 cm³/mol. The molecule has 1 saturated carbocycles. The van der Waals surface area contributed by atoms with Gasteiger partial charge in [-0.2, -0.15) is 0 Å². The van der Waals surface area contributed by atoms with Gasteiger partial charge in [-0.1, -0.05) is 11.8 Å². The number of nitrogens with one attached hydrogen (secondary N) is 1. The van der Waals surface area contributed by atoms with Crippen LogP contribution in [0.15, 0.2) is 24.3 Å². The molecular formula is C21H22F2N2O3. The summed E-state index contributed by atoms with van der Waals surface area (Å²) in [6, 6.07) is 4.34. The van der Waals surface area contributed by atoms with E-state index < -0.39 is 29.8 Å². The third kappa shape index (κ3) is 5.39. The molecule has 1 fully saturated rings. The van der Waals surface area contributed by atoms with Crippen LogP contribution in [0.3, 0.4) is 0 Å². The first-order valence-electron chi connectivity index (χ1n) is 8.80. The van der Waals surface area contributed by atoms with Crippen molar-refractivity contribution in [2.45, 2.75) is 38.3 Å². The van der Waals surface area contributed by atoms with Gasteiger partial charge in [-0.15, -0.1) is 0 Å². The fraction of sp³-hybridized carbons (Fsp3) is 0.429. The molecule has 1 aliphatic rings. The predicted octanol–water partition coefficient (Wildman–Crippen LogP) is 1.34. The van der Waals surface area contributed by atoms with E-state index in [1.54, 1.807) is 12.1 Å². The molecule has 1 amide bonds. The molecule has 2 rings (SSSR count). The lowest BCUT2D eigenvalue weighted by Crippen LogP contribution is -2.58. The molecule has 4 atom stereocenters. The standard InChI is InChI=1S/C21H22F2N2O3/c1-13(26)18(21(2,28)20(22)23)25-19(27)15-9-7-14(8-10-15)5-3-4-6-16-11-17(16)12-24/h7-10,16-18,20,28H,11-12,24H2,1-2H3,(H,25,27)/t16?,17?,18-,21+/m1/s1. The number of carbonyl (C=O) groups is 2. The lowest BCUT2D eigenvalue weighted by molar-refractivity contribution is -0.138. The molecule has 0 radical (unpaired) electrons. The van der Waals surface area contributed by atoms with Crippen molar-refractivity contribution in [2.75, 3.05) is 6.54 Å². The van der Waals surface area contributed by atoms with E-state index in [2.05, 4.69) is 29.0 Å². The summed E-state index contributed by atoms with van der Waals surface area (Å²) in [7, 11) is 0. The number of carbonyl (C=O) groups excluding carboxylic acids is 2. The largest absolute Gasteiger partial charge is 0.382 e. The summed E-state index contributed by atoms with van der Waals surface area (Å²) in [6.07, 6.45) is -2.19. The van der Waals surface area contributed by atoms with Gasteiger partial charge in [-0.05, 0) is 68.8 Å². The van der Waals surface area contributed by atoms with Gasteiger partial charge in [0.15, 0.2) is 5.78 Å². The summed E-state index contributed by atoms with van der Waals surface area (Å²) < 4.78 is 26.0. The van der Waals surface area contributed by atoms with E-state index in [1.165, 1.54) is 12.1 Å². The van der Waals surface area contributed by atoms with Crippen LogP contribution in [0.2, 0.25) is 0 Å². The third-order valence-corrected chi connectivity index (χ3v) is 4.61. The molecule has 2 unspecified atom stereocenters. The highest BCUT2D eigenvalue weighted by molar-refractivity contribution is 5.98. The zero-order valence-corrected chi connectivity index (χ0v) is 15.6. The Morgan fingerprint density at radius 2 is 1.96 bits per heavy atom. The van der Waals surface area contributed by atoms with Crippen molar-refractivity contribution >= 4 is 11.7 Å². The number of halogens is 2. The molecule has 1 aliphatic carbocycles. The van der Waals surface area contributed by atoms with Gasteiger partial charge >= 0.3 is 0 Å². The second-order valence-electron chi connectivity index (χ2n) is 6.98. The van der Waals surface area contributed by atoms with Crippen molar-refractivity contribution in [1.29, 1.82) is 0 Å². The number of nitrogens with two attached hydrogens (primary N) is 1. The molecule has 0 saturated heterocycles. The van der Waals surface area contributed by atoms with E-state index in [0.717, 1.165) is 20.3 Å². The topological polar surface area (TPSA) is 92.4 Å². The number of ketones is 1. The van der Waals surface area contributed by atoms with E-state index in [1.807, 2.05) is 0 Å². The minimum absolute atomic E-state index is 0.150. The molecule has 1 aromatic carbocycles. The number of benzene rings is 1. The van der Waals surface area contributed by atoms with E-state index in [0.29, 0.717) is 23.9 Å². The van der Waals surface area contributed by atoms with Crippen molar-refractivity contribution < 1.29 is 23.5 Å². The highest BCUT2D eigenvalue weighted by Gasteiger charge is 2.44. The third-order valence-electron chi connectivity index (χ3n) is 4.61. The average molecular weight is 388 g/mol. The van der Waals surface area contributed by atoms with Crippen LogP contribution in [0.4, 0.5) is 8.78 Å². The maximum Gasteiger partial charge on any atom is 0.269 e. The highest BCUT2D eigenvalue weighted by Crippen LogP contribution is 2.36. The number of rotatable bonds is 6. The lowest BCUT2D eigenvalue weighted by Gasteiger charge is -2.30. The number of alkyl halides is 2. The molecule has 7 heteroatoms. The van der Waals surface area contributed by atoms with Crippen LogP contribution in [-0.2, 0) is 4.79 Å². The Labute approximate surface area is 162 Å². The molecule has 0 aliphatic heterocycles. The first kappa shape index (κ1) is 21.6. The van der Waals surface area contributed by atoms with Crippen LogP contribution in [0.5, 0.6) is 0 Å². The van der Waals surface area contributed by atoms with E-state index in [-0.39, 0.29) is 5.56 Å². The summed E-state index contributed by atoms with van der Waals surface area (Å²) >= 11 is 0. The quantitative estimate of drug-likeness (QED) is 0.642. The molecule has 0 heterocycles. The smallest absolute Gasteiger partial charge is 0.269 e. The van der Waals surface area contributed by atoms with Crippen LogP contribution in [0.1, 0.15) is 36.2 Å². The SMILES string of the molecule is CC(=O)[C@@H](NC(=O)c1ccc(C#CC#CC2CC2CN)cc1)[C@](C)(O)C(F)F. The molecule has 4 N–H and O–H groups in total. The number of aliphatic hydroxyl groups is 1. The zero-order chi connectivity index (χ0) is 20.9. The summed E-state index contributed by atoms with van der Waals surface area (Å²) in [4.78, 5) is 23.9. The maximum absolute atomic E-state index is 13.0.